The maximum Gasteiger partial charge on any atom is 0.132 e. The average molecular weight is 235 g/mol. The van der Waals surface area contributed by atoms with Crippen molar-refractivity contribution in [2.45, 2.75) is 13.0 Å². The van der Waals surface area contributed by atoms with Crippen LogP contribution in [0.4, 0.5) is 8.78 Å². The van der Waals surface area contributed by atoms with Crippen LogP contribution in [0.25, 0.3) is 0 Å². The van der Waals surface area contributed by atoms with E-state index in [4.69, 9.17) is 0 Å². The molecule has 2 rings (SSSR count). The standard InChI is InChI=1S/C13H11F2NO/c1-8-3-2-4-12(16-8)13(17)10-6-5-9(14)7-11(10)15/h2-7,13,17H,1H3. The van der Waals surface area contributed by atoms with Crippen LogP contribution in [-0.2, 0) is 0 Å². The van der Waals surface area contributed by atoms with Crippen LogP contribution in [0.5, 0.6) is 0 Å². The van der Waals surface area contributed by atoms with Crippen molar-refractivity contribution >= 4 is 0 Å². The Morgan fingerprint density at radius 1 is 1.18 bits per heavy atom. The van der Waals surface area contributed by atoms with Crippen LogP contribution in [0.2, 0.25) is 0 Å². The van der Waals surface area contributed by atoms with Crippen LogP contribution in [0.1, 0.15) is 23.1 Å². The summed E-state index contributed by atoms with van der Waals surface area (Å²) < 4.78 is 26.2. The molecule has 1 unspecified atom stereocenters. The van der Waals surface area contributed by atoms with Crippen LogP contribution < -0.4 is 0 Å². The largest absolute Gasteiger partial charge is 0.382 e. The van der Waals surface area contributed by atoms with Crippen LogP contribution in [0.3, 0.4) is 0 Å². The first kappa shape index (κ1) is 11.7. The van der Waals surface area contributed by atoms with Gasteiger partial charge in [0, 0.05) is 17.3 Å². The van der Waals surface area contributed by atoms with E-state index in [1.807, 2.05) is 0 Å². The van der Waals surface area contributed by atoms with E-state index in [9.17, 15) is 13.9 Å². The molecule has 0 fully saturated rings. The van der Waals surface area contributed by atoms with Gasteiger partial charge in [-0.15, -0.1) is 0 Å². The predicted octanol–water partition coefficient (Wildman–Crippen LogP) is 2.75. The van der Waals surface area contributed by atoms with E-state index in [0.29, 0.717) is 5.69 Å². The van der Waals surface area contributed by atoms with E-state index in [0.717, 1.165) is 17.8 Å². The summed E-state index contributed by atoms with van der Waals surface area (Å²) in [7, 11) is 0. The molecule has 2 aromatic rings. The fourth-order valence-corrected chi connectivity index (χ4v) is 1.60. The molecule has 0 radical (unpaired) electrons. The smallest absolute Gasteiger partial charge is 0.132 e. The average Bonchev–Trinajstić information content (AvgIpc) is 2.28. The number of halogens is 2. The Bertz CT molecular complexity index is 543. The summed E-state index contributed by atoms with van der Waals surface area (Å²) in [6.07, 6.45) is -1.18. The minimum absolute atomic E-state index is 0.0181. The molecule has 0 aliphatic heterocycles. The quantitative estimate of drug-likeness (QED) is 0.868. The van der Waals surface area contributed by atoms with Gasteiger partial charge >= 0.3 is 0 Å². The van der Waals surface area contributed by atoms with Gasteiger partial charge in [0.1, 0.15) is 17.7 Å². The SMILES string of the molecule is Cc1cccc(C(O)c2ccc(F)cc2F)n1. The molecule has 1 aromatic carbocycles. The van der Waals surface area contributed by atoms with Gasteiger partial charge in [-0.3, -0.25) is 4.98 Å². The van der Waals surface area contributed by atoms with Crippen molar-refractivity contribution in [3.05, 3.63) is 65.0 Å². The number of hydrogen-bond donors (Lipinski definition) is 1. The van der Waals surface area contributed by atoms with E-state index in [1.165, 1.54) is 6.07 Å². The van der Waals surface area contributed by atoms with E-state index in [2.05, 4.69) is 4.98 Å². The van der Waals surface area contributed by atoms with Crippen molar-refractivity contribution in [2.24, 2.45) is 0 Å². The lowest BCUT2D eigenvalue weighted by Crippen LogP contribution is -2.05. The Morgan fingerprint density at radius 2 is 1.94 bits per heavy atom. The first-order valence-electron chi connectivity index (χ1n) is 5.14. The summed E-state index contributed by atoms with van der Waals surface area (Å²) in [6, 6.07) is 8.17. The van der Waals surface area contributed by atoms with Gasteiger partial charge in [-0.2, -0.15) is 0 Å². The zero-order chi connectivity index (χ0) is 12.4. The molecule has 0 spiro atoms. The number of benzene rings is 1. The normalized spacial score (nSPS) is 12.5. The van der Waals surface area contributed by atoms with Crippen LogP contribution in [0, 0.1) is 18.6 Å². The zero-order valence-electron chi connectivity index (χ0n) is 9.19. The number of nitrogens with zero attached hydrogens (tertiary/aromatic N) is 1. The second kappa shape index (κ2) is 4.59. The van der Waals surface area contributed by atoms with Gasteiger partial charge in [0.05, 0.1) is 5.69 Å². The van der Waals surface area contributed by atoms with Crippen molar-refractivity contribution in [2.75, 3.05) is 0 Å². The van der Waals surface area contributed by atoms with Crippen molar-refractivity contribution in [1.82, 2.24) is 4.98 Å². The Morgan fingerprint density at radius 3 is 2.59 bits per heavy atom. The maximum absolute atomic E-state index is 13.5. The van der Waals surface area contributed by atoms with E-state index in [-0.39, 0.29) is 5.56 Å². The highest BCUT2D eigenvalue weighted by molar-refractivity contribution is 5.28. The Hall–Kier alpha value is -1.81. The highest BCUT2D eigenvalue weighted by Gasteiger charge is 2.16. The Kier molecular flexibility index (Phi) is 3.15. The predicted molar refractivity (Wildman–Crippen MR) is 59.4 cm³/mol. The number of rotatable bonds is 2. The van der Waals surface area contributed by atoms with Crippen LogP contribution in [0.15, 0.2) is 36.4 Å². The van der Waals surface area contributed by atoms with Gasteiger partial charge in [0.2, 0.25) is 0 Å². The number of aliphatic hydroxyl groups excluding tert-OH is 1. The number of aromatic nitrogens is 1. The highest BCUT2D eigenvalue weighted by atomic mass is 19.1. The number of aryl methyl sites for hydroxylation is 1. The summed E-state index contributed by atoms with van der Waals surface area (Å²) in [5, 5.41) is 9.96. The van der Waals surface area contributed by atoms with Crippen molar-refractivity contribution in [3.63, 3.8) is 0 Å². The third kappa shape index (κ3) is 2.47. The number of pyridine rings is 1. The van der Waals surface area contributed by atoms with Crippen molar-refractivity contribution < 1.29 is 13.9 Å². The zero-order valence-corrected chi connectivity index (χ0v) is 9.19. The summed E-state index contributed by atoms with van der Waals surface area (Å²) in [5.74, 6) is -1.45. The van der Waals surface area contributed by atoms with Crippen molar-refractivity contribution in [3.8, 4) is 0 Å². The molecule has 0 saturated heterocycles. The molecule has 0 aliphatic rings. The molecule has 1 aromatic heterocycles. The molecular weight excluding hydrogens is 224 g/mol. The Labute approximate surface area is 97.6 Å². The Balaban J connectivity index is 2.40. The molecule has 17 heavy (non-hydrogen) atoms. The third-order valence-corrected chi connectivity index (χ3v) is 2.45. The van der Waals surface area contributed by atoms with Gasteiger partial charge in [0.25, 0.3) is 0 Å². The molecule has 0 aliphatic carbocycles. The molecule has 2 nitrogen and oxygen atoms in total. The second-order valence-electron chi connectivity index (χ2n) is 3.77. The van der Waals surface area contributed by atoms with E-state index >= 15 is 0 Å². The molecule has 1 atom stereocenters. The fraction of sp³-hybridized carbons (Fsp3) is 0.154. The number of aliphatic hydroxyl groups is 1. The summed E-state index contributed by atoms with van der Waals surface area (Å²) >= 11 is 0. The van der Waals surface area contributed by atoms with Crippen LogP contribution in [-0.4, -0.2) is 10.1 Å². The molecule has 1 N–H and O–H groups in total. The molecular formula is C13H11F2NO. The fourth-order valence-electron chi connectivity index (χ4n) is 1.60. The van der Waals surface area contributed by atoms with Gasteiger partial charge in [-0.05, 0) is 25.1 Å². The van der Waals surface area contributed by atoms with Gasteiger partial charge in [-0.25, -0.2) is 8.78 Å². The minimum atomic E-state index is -1.18. The molecule has 0 bridgehead atoms. The summed E-state index contributed by atoms with van der Waals surface area (Å²) in [6.45, 7) is 1.78. The molecule has 4 heteroatoms. The molecule has 0 saturated carbocycles. The topological polar surface area (TPSA) is 33.1 Å². The molecule has 0 amide bonds. The maximum atomic E-state index is 13.5. The number of hydrogen-bond acceptors (Lipinski definition) is 2. The first-order valence-corrected chi connectivity index (χ1v) is 5.14. The van der Waals surface area contributed by atoms with Crippen LogP contribution >= 0.6 is 0 Å². The lowest BCUT2D eigenvalue weighted by molar-refractivity contribution is 0.209. The van der Waals surface area contributed by atoms with Gasteiger partial charge in [0.15, 0.2) is 0 Å². The third-order valence-electron chi connectivity index (χ3n) is 2.45. The van der Waals surface area contributed by atoms with Crippen molar-refractivity contribution in [1.29, 1.82) is 0 Å². The highest BCUT2D eigenvalue weighted by Crippen LogP contribution is 2.23. The molecule has 1 heterocycles. The second-order valence-corrected chi connectivity index (χ2v) is 3.77. The lowest BCUT2D eigenvalue weighted by atomic mass is 10.1. The van der Waals surface area contributed by atoms with Gasteiger partial charge < -0.3 is 5.11 Å². The summed E-state index contributed by atoms with van der Waals surface area (Å²) in [5.41, 5.74) is 1.09. The first-order chi connectivity index (χ1) is 8.08. The monoisotopic (exact) mass is 235 g/mol. The minimum Gasteiger partial charge on any atom is -0.382 e. The lowest BCUT2D eigenvalue weighted by Gasteiger charge is -2.11. The van der Waals surface area contributed by atoms with Gasteiger partial charge in [-0.1, -0.05) is 12.1 Å². The molecule has 88 valence electrons. The van der Waals surface area contributed by atoms with E-state index < -0.39 is 17.7 Å². The summed E-state index contributed by atoms with van der Waals surface area (Å²) in [4.78, 5) is 4.10. The van der Waals surface area contributed by atoms with E-state index in [1.54, 1.807) is 25.1 Å².